The van der Waals surface area contributed by atoms with E-state index in [9.17, 15) is 19.4 Å². The summed E-state index contributed by atoms with van der Waals surface area (Å²) in [5.74, 6) is -0.441. The second-order valence-electron chi connectivity index (χ2n) is 14.9. The molecule has 312 valence electrons. The zero-order valence-corrected chi connectivity index (χ0v) is 35.6. The summed E-state index contributed by atoms with van der Waals surface area (Å²) in [7, 11) is 1.24. The van der Waals surface area contributed by atoms with Crippen molar-refractivity contribution < 1.29 is 42.4 Å². The molecule has 0 saturated carbocycles. The number of aliphatic hydroxyl groups excluding tert-OH is 1. The van der Waals surface area contributed by atoms with Gasteiger partial charge in [-0.3, -0.25) is 9.36 Å². The number of allylic oxidation sites excluding steroid dienone is 9. The van der Waals surface area contributed by atoms with Gasteiger partial charge in [0.1, 0.15) is 19.8 Å². The lowest BCUT2D eigenvalue weighted by Gasteiger charge is -2.28. The monoisotopic (exact) mass is 780 g/mol. The summed E-state index contributed by atoms with van der Waals surface area (Å²) in [6, 6.07) is 0. The first-order chi connectivity index (χ1) is 26.0. The van der Waals surface area contributed by atoms with Gasteiger partial charge in [0.15, 0.2) is 6.10 Å². The summed E-state index contributed by atoms with van der Waals surface area (Å²) in [6.07, 6.45) is 43.3. The van der Waals surface area contributed by atoms with Crippen LogP contribution in [-0.4, -0.2) is 75.3 Å². The van der Waals surface area contributed by atoms with E-state index in [4.69, 9.17) is 18.5 Å². The van der Waals surface area contributed by atoms with Crippen molar-refractivity contribution in [3.63, 3.8) is 0 Å². The molecule has 0 bridgehead atoms. The minimum Gasteiger partial charge on any atom is -0.756 e. The van der Waals surface area contributed by atoms with Gasteiger partial charge in [0, 0.05) is 6.42 Å². The largest absolute Gasteiger partial charge is 0.756 e. The molecule has 10 heteroatoms. The molecule has 0 radical (unpaired) electrons. The molecule has 0 aliphatic rings. The Hall–Kier alpha value is -2.26. The lowest BCUT2D eigenvalue weighted by Crippen LogP contribution is -2.37. The maximum atomic E-state index is 12.6. The van der Waals surface area contributed by atoms with Gasteiger partial charge in [-0.1, -0.05) is 145 Å². The van der Waals surface area contributed by atoms with Crippen molar-refractivity contribution >= 4 is 13.8 Å². The average molecular weight is 780 g/mol. The Morgan fingerprint density at radius 3 is 2.00 bits per heavy atom. The van der Waals surface area contributed by atoms with Crippen molar-refractivity contribution in [2.75, 3.05) is 47.5 Å². The Morgan fingerprint density at radius 2 is 1.33 bits per heavy atom. The number of phosphoric ester groups is 1. The van der Waals surface area contributed by atoms with E-state index in [0.29, 0.717) is 30.3 Å². The molecule has 1 N–H and O–H groups in total. The number of nitrogens with zero attached hydrogens (tertiary/aromatic N) is 1. The third kappa shape index (κ3) is 39.4. The van der Waals surface area contributed by atoms with Crippen molar-refractivity contribution in [3.8, 4) is 0 Å². The maximum absolute atomic E-state index is 12.6. The van der Waals surface area contributed by atoms with E-state index in [-0.39, 0.29) is 26.2 Å². The number of carbonyl (C=O) groups excluding carboxylic acids is 1. The topological polar surface area (TPSA) is 114 Å². The van der Waals surface area contributed by atoms with Crippen LogP contribution in [0.5, 0.6) is 0 Å². The van der Waals surface area contributed by atoms with Crippen molar-refractivity contribution in [3.05, 3.63) is 73.1 Å². The van der Waals surface area contributed by atoms with E-state index in [2.05, 4.69) is 32.1 Å². The fraction of sp³-hybridized carbons (Fsp3) is 0.705. The molecule has 0 heterocycles. The SMILES string of the molecule is CC/C=C\C/C=C\CC(O)/C=C/C=C\C/C=C\CCCC(=O)O[C@H](CO/C=C/CCCCCCCCCCCCCC)COP(=O)([O-])OCC[N+](C)(C)C. The van der Waals surface area contributed by atoms with Gasteiger partial charge >= 0.3 is 5.97 Å². The normalized spacial score (nSPS) is 15.1. The van der Waals surface area contributed by atoms with Crippen molar-refractivity contribution in [1.29, 1.82) is 0 Å². The quantitative estimate of drug-likeness (QED) is 0.0126. The fourth-order valence-corrected chi connectivity index (χ4v) is 5.89. The number of rotatable bonds is 37. The molecule has 54 heavy (non-hydrogen) atoms. The van der Waals surface area contributed by atoms with Gasteiger partial charge in [-0.25, -0.2) is 0 Å². The van der Waals surface area contributed by atoms with E-state index in [1.807, 2.05) is 63.7 Å². The van der Waals surface area contributed by atoms with Crippen molar-refractivity contribution in [1.82, 2.24) is 0 Å². The third-order valence-electron chi connectivity index (χ3n) is 8.42. The highest BCUT2D eigenvalue weighted by Crippen LogP contribution is 2.38. The Labute approximate surface area is 330 Å². The first-order valence-electron chi connectivity index (χ1n) is 20.8. The number of unbranched alkanes of at least 4 members (excludes halogenated alkanes) is 13. The minimum atomic E-state index is -4.57. The first-order valence-corrected chi connectivity index (χ1v) is 22.3. The van der Waals surface area contributed by atoms with Crippen LogP contribution in [0, 0.1) is 0 Å². The van der Waals surface area contributed by atoms with Crippen LogP contribution < -0.4 is 4.89 Å². The molecule has 0 fully saturated rings. The Bertz CT molecular complexity index is 1110. The van der Waals surface area contributed by atoms with Crippen LogP contribution in [0.1, 0.15) is 142 Å². The Morgan fingerprint density at radius 1 is 0.722 bits per heavy atom. The number of esters is 1. The van der Waals surface area contributed by atoms with Gasteiger partial charge in [-0.2, -0.15) is 0 Å². The van der Waals surface area contributed by atoms with Gasteiger partial charge in [0.2, 0.25) is 0 Å². The van der Waals surface area contributed by atoms with E-state index >= 15 is 0 Å². The summed E-state index contributed by atoms with van der Waals surface area (Å²) < 4.78 is 34.1. The molecule has 0 spiro atoms. The predicted molar refractivity (Wildman–Crippen MR) is 223 cm³/mol. The molecular formula is C44H78NO8P. The summed E-state index contributed by atoms with van der Waals surface area (Å²) in [5, 5.41) is 10.0. The van der Waals surface area contributed by atoms with Crippen LogP contribution >= 0.6 is 7.82 Å². The molecule has 0 aromatic rings. The molecule has 0 aliphatic heterocycles. The van der Waals surface area contributed by atoms with Crippen LogP contribution in [0.25, 0.3) is 0 Å². The minimum absolute atomic E-state index is 0.00826. The zero-order chi connectivity index (χ0) is 40.0. The summed E-state index contributed by atoms with van der Waals surface area (Å²) in [5.41, 5.74) is 0. The molecule has 2 unspecified atom stereocenters. The average Bonchev–Trinajstić information content (AvgIpc) is 3.11. The van der Waals surface area contributed by atoms with Crippen LogP contribution in [0.15, 0.2) is 73.1 Å². The number of phosphoric acid groups is 1. The molecule has 3 atom stereocenters. The Balaban J connectivity index is 4.51. The molecule has 0 amide bonds. The standard InChI is InChI=1S/C44H78NO8P/c1-6-8-10-12-14-15-16-17-18-19-22-25-29-33-38-50-40-43(41-52-54(48,49)51-39-37-45(3,4)5)53-44(47)36-32-28-24-21-20-23-27-31-35-42(46)34-30-26-13-11-9-7-2/h9,11,21,23-24,26-27,30-31,33,35,38,42-43,46H,6-8,10,12-20,22,25,28-29,32,34,36-37,39-41H2,1-5H3/b11-9-,24-21-,27-23-,30-26-,35-31+,38-33+/t42?,43-/m1/s1. The Kier molecular flexibility index (Phi) is 34.9. The number of hydrogen-bond donors (Lipinski definition) is 1. The predicted octanol–water partition coefficient (Wildman–Crippen LogP) is 10.6. The summed E-state index contributed by atoms with van der Waals surface area (Å²) >= 11 is 0. The van der Waals surface area contributed by atoms with Crippen LogP contribution in [0.2, 0.25) is 0 Å². The molecule has 0 aromatic carbocycles. The summed E-state index contributed by atoms with van der Waals surface area (Å²) in [6.45, 7) is 4.44. The molecular weight excluding hydrogens is 701 g/mol. The second kappa shape index (κ2) is 36.4. The van der Waals surface area contributed by atoms with Crippen LogP contribution in [0.3, 0.4) is 0 Å². The van der Waals surface area contributed by atoms with Gasteiger partial charge in [0.05, 0.1) is 40.1 Å². The van der Waals surface area contributed by atoms with Crippen molar-refractivity contribution in [2.24, 2.45) is 0 Å². The van der Waals surface area contributed by atoms with E-state index in [1.54, 1.807) is 12.3 Å². The van der Waals surface area contributed by atoms with Crippen LogP contribution in [0.4, 0.5) is 0 Å². The van der Waals surface area contributed by atoms with E-state index in [0.717, 1.165) is 32.1 Å². The number of aliphatic hydroxyl groups is 1. The second-order valence-corrected chi connectivity index (χ2v) is 16.3. The number of quaternary nitrogens is 1. The molecule has 0 rings (SSSR count). The van der Waals surface area contributed by atoms with Gasteiger partial charge in [0.25, 0.3) is 7.82 Å². The molecule has 9 nitrogen and oxygen atoms in total. The highest BCUT2D eigenvalue weighted by Gasteiger charge is 2.20. The number of likely N-dealkylation sites (N-methyl/N-ethyl adjacent to an activating group) is 1. The lowest BCUT2D eigenvalue weighted by atomic mass is 10.0. The summed E-state index contributed by atoms with van der Waals surface area (Å²) in [4.78, 5) is 25.0. The van der Waals surface area contributed by atoms with Gasteiger partial charge in [-0.05, 0) is 57.4 Å². The van der Waals surface area contributed by atoms with Crippen molar-refractivity contribution in [2.45, 2.75) is 154 Å². The number of hydrogen-bond acceptors (Lipinski definition) is 8. The van der Waals surface area contributed by atoms with Gasteiger partial charge < -0.3 is 33.0 Å². The molecule has 0 saturated heterocycles. The molecule has 0 aliphatic carbocycles. The van der Waals surface area contributed by atoms with E-state index in [1.165, 1.54) is 70.6 Å². The highest BCUT2D eigenvalue weighted by molar-refractivity contribution is 7.45. The zero-order valence-electron chi connectivity index (χ0n) is 34.8. The lowest BCUT2D eigenvalue weighted by molar-refractivity contribution is -0.870. The number of carbonyl (C=O) groups is 1. The maximum Gasteiger partial charge on any atom is 0.306 e. The van der Waals surface area contributed by atoms with Crippen LogP contribution in [-0.2, 0) is 27.9 Å². The molecule has 0 aromatic heterocycles. The van der Waals surface area contributed by atoms with E-state index < -0.39 is 26.0 Å². The fourth-order valence-electron chi connectivity index (χ4n) is 5.16. The van der Waals surface area contributed by atoms with Gasteiger partial charge in [-0.15, -0.1) is 0 Å². The third-order valence-corrected chi connectivity index (χ3v) is 9.38. The smallest absolute Gasteiger partial charge is 0.306 e. The first kappa shape index (κ1) is 51.7. The highest BCUT2D eigenvalue weighted by atomic mass is 31.2. The number of ether oxygens (including phenoxy) is 2.